The highest BCUT2D eigenvalue weighted by Gasteiger charge is 2.28. The fourth-order valence-corrected chi connectivity index (χ4v) is 3.52. The second kappa shape index (κ2) is 5.75. The van der Waals surface area contributed by atoms with Gasteiger partial charge in [-0.05, 0) is 38.2 Å². The Balaban J connectivity index is 1.49. The SMILES string of the molecule is Cc1cccc([C@H]2CCCN(c3nnc(C4CCC4)o3)C2)c1. The second-order valence-corrected chi connectivity index (χ2v) is 6.75. The molecule has 1 aliphatic carbocycles. The Kier molecular flexibility index (Phi) is 3.60. The van der Waals surface area contributed by atoms with Gasteiger partial charge in [-0.25, -0.2) is 0 Å². The average Bonchev–Trinajstić information content (AvgIpc) is 2.95. The smallest absolute Gasteiger partial charge is 0.318 e. The molecule has 2 aliphatic rings. The number of nitrogens with zero attached hydrogens (tertiary/aromatic N) is 3. The third-order valence-electron chi connectivity index (χ3n) is 5.09. The van der Waals surface area contributed by atoms with E-state index in [1.807, 2.05) is 0 Å². The number of hydrogen-bond donors (Lipinski definition) is 0. The minimum atomic E-state index is 0.513. The third-order valence-corrected chi connectivity index (χ3v) is 5.09. The Morgan fingerprint density at radius 2 is 1.95 bits per heavy atom. The van der Waals surface area contributed by atoms with Crippen molar-refractivity contribution in [2.45, 2.75) is 50.9 Å². The van der Waals surface area contributed by atoms with Gasteiger partial charge in [0.1, 0.15) is 0 Å². The zero-order valence-corrected chi connectivity index (χ0v) is 13.2. The number of aromatic nitrogens is 2. The molecule has 1 aromatic carbocycles. The summed E-state index contributed by atoms with van der Waals surface area (Å²) >= 11 is 0. The van der Waals surface area contributed by atoms with E-state index in [4.69, 9.17) is 4.42 Å². The molecule has 4 rings (SSSR count). The summed E-state index contributed by atoms with van der Waals surface area (Å²) < 4.78 is 5.94. The van der Waals surface area contributed by atoms with E-state index in [2.05, 4.69) is 46.3 Å². The summed E-state index contributed by atoms with van der Waals surface area (Å²) in [6.45, 7) is 4.16. The lowest BCUT2D eigenvalue weighted by Crippen LogP contribution is -2.34. The first-order valence-corrected chi connectivity index (χ1v) is 8.44. The maximum atomic E-state index is 5.94. The highest BCUT2D eigenvalue weighted by atomic mass is 16.4. The lowest BCUT2D eigenvalue weighted by Gasteiger charge is -2.31. The third kappa shape index (κ3) is 2.62. The molecule has 22 heavy (non-hydrogen) atoms. The van der Waals surface area contributed by atoms with Crippen molar-refractivity contribution in [3.8, 4) is 0 Å². The van der Waals surface area contributed by atoms with E-state index in [1.165, 1.54) is 43.2 Å². The quantitative estimate of drug-likeness (QED) is 0.858. The number of hydrogen-bond acceptors (Lipinski definition) is 4. The van der Waals surface area contributed by atoms with E-state index < -0.39 is 0 Å². The van der Waals surface area contributed by atoms with Crippen molar-refractivity contribution in [3.05, 3.63) is 41.3 Å². The van der Waals surface area contributed by atoms with Crippen molar-refractivity contribution in [3.63, 3.8) is 0 Å². The van der Waals surface area contributed by atoms with Crippen LogP contribution in [-0.2, 0) is 0 Å². The predicted molar refractivity (Wildman–Crippen MR) is 86.3 cm³/mol. The van der Waals surface area contributed by atoms with E-state index in [9.17, 15) is 0 Å². The number of anilines is 1. The molecule has 4 heteroatoms. The Hall–Kier alpha value is -1.84. The lowest BCUT2D eigenvalue weighted by atomic mass is 9.85. The summed E-state index contributed by atoms with van der Waals surface area (Å²) in [5.74, 6) is 1.92. The van der Waals surface area contributed by atoms with Crippen LogP contribution in [0.3, 0.4) is 0 Å². The van der Waals surface area contributed by atoms with Gasteiger partial charge in [-0.1, -0.05) is 41.3 Å². The molecule has 1 aromatic heterocycles. The molecule has 1 saturated heterocycles. The number of benzene rings is 1. The largest absolute Gasteiger partial charge is 0.408 e. The van der Waals surface area contributed by atoms with Crippen LogP contribution in [0, 0.1) is 6.92 Å². The van der Waals surface area contributed by atoms with Crippen LogP contribution >= 0.6 is 0 Å². The number of aryl methyl sites for hydroxylation is 1. The average molecular weight is 297 g/mol. The molecule has 1 saturated carbocycles. The fraction of sp³-hybridized carbons (Fsp3) is 0.556. The summed E-state index contributed by atoms with van der Waals surface area (Å²) in [5, 5.41) is 8.56. The van der Waals surface area contributed by atoms with Gasteiger partial charge in [-0.3, -0.25) is 0 Å². The van der Waals surface area contributed by atoms with Crippen LogP contribution in [0.5, 0.6) is 0 Å². The van der Waals surface area contributed by atoms with E-state index >= 15 is 0 Å². The molecule has 0 amide bonds. The molecule has 2 fully saturated rings. The molecule has 0 N–H and O–H groups in total. The molecular weight excluding hydrogens is 274 g/mol. The first kappa shape index (κ1) is 13.8. The topological polar surface area (TPSA) is 42.2 Å². The monoisotopic (exact) mass is 297 g/mol. The highest BCUT2D eigenvalue weighted by molar-refractivity contribution is 5.32. The fourth-order valence-electron chi connectivity index (χ4n) is 3.52. The molecule has 2 aromatic rings. The van der Waals surface area contributed by atoms with Crippen LogP contribution in [0.4, 0.5) is 6.01 Å². The van der Waals surface area contributed by atoms with Crippen LogP contribution in [0.15, 0.2) is 28.7 Å². The molecule has 0 radical (unpaired) electrons. The van der Waals surface area contributed by atoms with E-state index in [0.29, 0.717) is 11.8 Å². The van der Waals surface area contributed by atoms with Gasteiger partial charge in [0.2, 0.25) is 5.89 Å². The van der Waals surface area contributed by atoms with Crippen molar-refractivity contribution in [1.82, 2.24) is 10.2 Å². The first-order valence-electron chi connectivity index (χ1n) is 8.44. The highest BCUT2D eigenvalue weighted by Crippen LogP contribution is 2.37. The first-order chi connectivity index (χ1) is 10.8. The normalized spacial score (nSPS) is 22.6. The van der Waals surface area contributed by atoms with Crippen molar-refractivity contribution in [1.29, 1.82) is 0 Å². The van der Waals surface area contributed by atoms with Crippen molar-refractivity contribution < 1.29 is 4.42 Å². The summed E-state index contributed by atoms with van der Waals surface area (Å²) in [4.78, 5) is 2.27. The molecule has 1 aliphatic heterocycles. The van der Waals surface area contributed by atoms with Crippen LogP contribution in [0.1, 0.15) is 61.0 Å². The van der Waals surface area contributed by atoms with Gasteiger partial charge in [0.25, 0.3) is 0 Å². The Bertz CT molecular complexity index is 647. The zero-order valence-electron chi connectivity index (χ0n) is 13.2. The van der Waals surface area contributed by atoms with Gasteiger partial charge in [-0.2, -0.15) is 0 Å². The summed E-state index contributed by atoms with van der Waals surface area (Å²) in [7, 11) is 0. The van der Waals surface area contributed by atoms with Gasteiger partial charge in [-0.15, -0.1) is 5.10 Å². The van der Waals surface area contributed by atoms with Gasteiger partial charge in [0.15, 0.2) is 0 Å². The molecule has 0 bridgehead atoms. The number of rotatable bonds is 3. The van der Waals surface area contributed by atoms with Crippen molar-refractivity contribution in [2.24, 2.45) is 0 Å². The molecular formula is C18H23N3O. The Morgan fingerprint density at radius 3 is 2.73 bits per heavy atom. The lowest BCUT2D eigenvalue weighted by molar-refractivity contribution is 0.332. The second-order valence-electron chi connectivity index (χ2n) is 6.75. The van der Waals surface area contributed by atoms with Crippen molar-refractivity contribution in [2.75, 3.05) is 18.0 Å². The van der Waals surface area contributed by atoms with Crippen LogP contribution in [0.25, 0.3) is 0 Å². The summed E-state index contributed by atoms with van der Waals surface area (Å²) in [6.07, 6.45) is 6.12. The van der Waals surface area contributed by atoms with E-state index in [0.717, 1.165) is 25.0 Å². The van der Waals surface area contributed by atoms with E-state index in [-0.39, 0.29) is 0 Å². The standard InChI is InChI=1S/C18H23N3O/c1-13-5-2-8-15(11-13)16-9-4-10-21(12-16)18-20-19-17(22-18)14-6-3-7-14/h2,5,8,11,14,16H,3-4,6-7,9-10,12H2,1H3/t16-/m0/s1. The van der Waals surface area contributed by atoms with Crippen LogP contribution < -0.4 is 4.90 Å². The van der Waals surface area contributed by atoms with Gasteiger partial charge < -0.3 is 9.32 Å². The Morgan fingerprint density at radius 1 is 1.09 bits per heavy atom. The molecule has 0 unspecified atom stereocenters. The molecule has 116 valence electrons. The van der Waals surface area contributed by atoms with Crippen molar-refractivity contribution >= 4 is 6.01 Å². The van der Waals surface area contributed by atoms with Gasteiger partial charge >= 0.3 is 6.01 Å². The Labute approximate surface area is 131 Å². The molecule has 2 heterocycles. The van der Waals surface area contributed by atoms with Crippen LogP contribution in [-0.4, -0.2) is 23.3 Å². The maximum Gasteiger partial charge on any atom is 0.318 e. The van der Waals surface area contributed by atoms with Gasteiger partial charge in [0, 0.05) is 24.9 Å². The summed E-state index contributed by atoms with van der Waals surface area (Å²) in [6, 6.07) is 9.59. The molecule has 0 spiro atoms. The number of piperidine rings is 1. The summed E-state index contributed by atoms with van der Waals surface area (Å²) in [5.41, 5.74) is 2.77. The zero-order chi connectivity index (χ0) is 14.9. The minimum Gasteiger partial charge on any atom is -0.408 e. The maximum absolute atomic E-state index is 5.94. The minimum absolute atomic E-state index is 0.513. The molecule has 4 nitrogen and oxygen atoms in total. The van der Waals surface area contributed by atoms with Crippen LogP contribution in [0.2, 0.25) is 0 Å². The van der Waals surface area contributed by atoms with E-state index in [1.54, 1.807) is 0 Å². The van der Waals surface area contributed by atoms with Gasteiger partial charge in [0.05, 0.1) is 0 Å². The molecule has 1 atom stereocenters. The predicted octanol–water partition coefficient (Wildman–Crippen LogP) is 4.03.